The number of non-ortho nitro benzene ring substituents is 1. The highest BCUT2D eigenvalue weighted by Gasteiger charge is 2.69. The number of hydrogen-bond acceptors (Lipinski definition) is 9. The number of hydrogen-bond donors (Lipinski definition) is 0. The molecule has 1 saturated carbocycles. The van der Waals surface area contributed by atoms with Gasteiger partial charge in [0.05, 0.1) is 24.1 Å². The van der Waals surface area contributed by atoms with Crippen LogP contribution in [0, 0.1) is 33.8 Å². The maximum atomic E-state index is 12.4. The average Bonchev–Trinajstić information content (AvgIpc) is 3.08. The van der Waals surface area contributed by atoms with Crippen molar-refractivity contribution in [3.63, 3.8) is 0 Å². The lowest BCUT2D eigenvalue weighted by molar-refractivity contribution is -0.578. The summed E-state index contributed by atoms with van der Waals surface area (Å²) in [7, 11) is 0. The summed E-state index contributed by atoms with van der Waals surface area (Å²) in [6, 6.07) is 6.03. The summed E-state index contributed by atoms with van der Waals surface area (Å²) >= 11 is 0. The van der Waals surface area contributed by atoms with Gasteiger partial charge in [0.15, 0.2) is 18.2 Å². The van der Waals surface area contributed by atoms with Gasteiger partial charge in [-0.25, -0.2) is 9.78 Å². The first-order chi connectivity index (χ1) is 17.2. The van der Waals surface area contributed by atoms with Crippen molar-refractivity contribution >= 4 is 11.7 Å². The molecule has 10 nitrogen and oxygen atoms in total. The Balaban J connectivity index is 1.43. The molecule has 4 saturated heterocycles. The molecule has 1 aliphatic carbocycles. The van der Waals surface area contributed by atoms with E-state index in [4.69, 9.17) is 28.7 Å². The molecule has 1 aromatic carbocycles. The number of carbonyl (C=O) groups is 1. The van der Waals surface area contributed by atoms with Gasteiger partial charge in [0.2, 0.25) is 5.79 Å². The zero-order valence-electron chi connectivity index (χ0n) is 21.2. The second kappa shape index (κ2) is 9.64. The minimum absolute atomic E-state index is 0.0338. The number of nitrogens with zero attached hydrogens (tertiary/aromatic N) is 1. The molecule has 9 atom stereocenters. The van der Waals surface area contributed by atoms with E-state index in [1.54, 1.807) is 19.1 Å². The Hall–Kier alpha value is -2.11. The Labute approximate surface area is 210 Å². The Morgan fingerprint density at radius 2 is 1.92 bits per heavy atom. The van der Waals surface area contributed by atoms with Gasteiger partial charge in [0.1, 0.15) is 0 Å². The lowest BCUT2D eigenvalue weighted by Crippen LogP contribution is -2.70. The third kappa shape index (κ3) is 4.32. The molecular weight excluding hydrogens is 470 g/mol. The van der Waals surface area contributed by atoms with E-state index in [1.165, 1.54) is 12.1 Å². The van der Waals surface area contributed by atoms with Crippen molar-refractivity contribution in [3.8, 4) is 0 Å². The van der Waals surface area contributed by atoms with Gasteiger partial charge >= 0.3 is 5.97 Å². The highest BCUT2D eigenvalue weighted by Crippen LogP contribution is 2.60. The molecule has 1 unspecified atom stereocenters. The van der Waals surface area contributed by atoms with E-state index in [9.17, 15) is 14.9 Å². The van der Waals surface area contributed by atoms with E-state index < -0.39 is 41.0 Å². The molecule has 0 amide bonds. The van der Waals surface area contributed by atoms with Crippen molar-refractivity contribution in [1.82, 2.24) is 0 Å². The fourth-order valence-electron chi connectivity index (χ4n) is 6.62. The van der Waals surface area contributed by atoms with Crippen LogP contribution in [0.5, 0.6) is 0 Å². The highest BCUT2D eigenvalue weighted by atomic mass is 17.3. The first kappa shape index (κ1) is 25.5. The lowest BCUT2D eigenvalue weighted by atomic mass is 9.58. The molecule has 36 heavy (non-hydrogen) atoms. The summed E-state index contributed by atoms with van der Waals surface area (Å²) in [5.41, 5.74) is -0.111. The van der Waals surface area contributed by atoms with Crippen molar-refractivity contribution in [2.24, 2.45) is 23.7 Å². The fraction of sp³-hybridized carbons (Fsp3) is 0.731. The van der Waals surface area contributed by atoms with E-state index in [0.717, 1.165) is 19.3 Å². The molecule has 2 bridgehead atoms. The average molecular weight is 506 g/mol. The quantitative estimate of drug-likeness (QED) is 0.223. The molecule has 1 aromatic rings. The molecular formula is C26H35NO9. The van der Waals surface area contributed by atoms with Gasteiger partial charge in [-0.05, 0) is 62.6 Å². The molecule has 5 aliphatic rings. The van der Waals surface area contributed by atoms with E-state index in [-0.39, 0.29) is 36.5 Å². The molecule has 0 aromatic heterocycles. The van der Waals surface area contributed by atoms with E-state index in [1.807, 2.05) is 6.92 Å². The predicted octanol–water partition coefficient (Wildman–Crippen LogP) is 4.81. The highest BCUT2D eigenvalue weighted by molar-refractivity contribution is 5.70. The third-order valence-electron chi connectivity index (χ3n) is 8.53. The first-order valence-electron chi connectivity index (χ1n) is 12.9. The van der Waals surface area contributed by atoms with Crippen LogP contribution in [0.15, 0.2) is 24.3 Å². The fourth-order valence-corrected chi connectivity index (χ4v) is 6.62. The molecule has 4 aliphatic heterocycles. The molecule has 10 heteroatoms. The monoisotopic (exact) mass is 505 g/mol. The van der Waals surface area contributed by atoms with Crippen molar-refractivity contribution in [1.29, 1.82) is 0 Å². The maximum absolute atomic E-state index is 12.4. The van der Waals surface area contributed by atoms with Gasteiger partial charge in [0, 0.05) is 30.4 Å². The zero-order chi connectivity index (χ0) is 25.7. The minimum atomic E-state index is -0.897. The van der Waals surface area contributed by atoms with Crippen LogP contribution in [0.4, 0.5) is 5.69 Å². The SMILES string of the molecule is CCOC(=O)C[C@@H](O[C@H]1O[C@@H]2O[C@@]3(C)CC[C@H]4[C@H](C)CCC([C@H]1C)[C@@]24OO3)c1ccc([N+](=O)[O-])cc1. The summed E-state index contributed by atoms with van der Waals surface area (Å²) in [5.74, 6) is -0.633. The van der Waals surface area contributed by atoms with E-state index >= 15 is 0 Å². The predicted molar refractivity (Wildman–Crippen MR) is 125 cm³/mol. The second-order valence-corrected chi connectivity index (χ2v) is 10.8. The van der Waals surface area contributed by atoms with Gasteiger partial charge in [-0.1, -0.05) is 13.8 Å². The summed E-state index contributed by atoms with van der Waals surface area (Å²) in [6.07, 6.45) is 1.53. The van der Waals surface area contributed by atoms with Crippen molar-refractivity contribution in [2.45, 2.75) is 89.9 Å². The number of benzene rings is 1. The van der Waals surface area contributed by atoms with Gasteiger partial charge in [-0.3, -0.25) is 14.9 Å². The second-order valence-electron chi connectivity index (χ2n) is 10.8. The number of ether oxygens (including phenoxy) is 4. The van der Waals surface area contributed by atoms with Crippen molar-refractivity contribution in [3.05, 3.63) is 39.9 Å². The third-order valence-corrected chi connectivity index (χ3v) is 8.53. The number of esters is 1. The van der Waals surface area contributed by atoms with Crippen LogP contribution in [0.1, 0.15) is 71.5 Å². The van der Waals surface area contributed by atoms with Crippen LogP contribution < -0.4 is 0 Å². The first-order valence-corrected chi connectivity index (χ1v) is 12.9. The standard InChI is InChI=1S/C26H35NO9/c1-5-31-22(28)14-21(17-7-9-18(10-8-17)27(29)30)32-23-16(3)20-11-6-15(2)19-12-13-25(4)34-24(33-23)26(19,20)36-35-25/h7-10,15-16,19-21,23-24H,5-6,11-14H2,1-4H3/t15-,16-,19+,20?,21-,23+,24-,25-,26-/m1/s1. The van der Waals surface area contributed by atoms with Gasteiger partial charge in [-0.15, -0.1) is 0 Å². The summed E-state index contributed by atoms with van der Waals surface area (Å²) < 4.78 is 24.5. The zero-order valence-corrected chi connectivity index (χ0v) is 21.2. The van der Waals surface area contributed by atoms with Gasteiger partial charge in [-0.2, -0.15) is 0 Å². The van der Waals surface area contributed by atoms with Crippen LogP contribution in [-0.4, -0.2) is 41.5 Å². The molecule has 198 valence electrons. The van der Waals surface area contributed by atoms with Crippen LogP contribution in [0.3, 0.4) is 0 Å². The number of nitro benzene ring substituents is 1. The summed E-state index contributed by atoms with van der Waals surface area (Å²) in [5, 5.41) is 11.1. The van der Waals surface area contributed by atoms with E-state index in [2.05, 4.69) is 13.8 Å². The molecule has 4 heterocycles. The molecule has 0 N–H and O–H groups in total. The van der Waals surface area contributed by atoms with Crippen LogP contribution in [0.25, 0.3) is 0 Å². The van der Waals surface area contributed by atoms with Gasteiger partial charge < -0.3 is 18.9 Å². The Morgan fingerprint density at radius 3 is 2.61 bits per heavy atom. The molecule has 0 radical (unpaired) electrons. The number of rotatable bonds is 7. The Bertz CT molecular complexity index is 986. The van der Waals surface area contributed by atoms with Gasteiger partial charge in [0.25, 0.3) is 5.69 Å². The van der Waals surface area contributed by atoms with Crippen LogP contribution >= 0.6 is 0 Å². The van der Waals surface area contributed by atoms with Crippen LogP contribution in [0.2, 0.25) is 0 Å². The maximum Gasteiger partial charge on any atom is 0.308 e. The molecule has 1 spiro atoms. The van der Waals surface area contributed by atoms with Crippen molar-refractivity contribution < 1.29 is 38.4 Å². The van der Waals surface area contributed by atoms with E-state index in [0.29, 0.717) is 17.9 Å². The number of nitro groups is 1. The lowest BCUT2D eigenvalue weighted by Gasteiger charge is -2.60. The smallest absolute Gasteiger partial charge is 0.308 e. The number of fused-ring (bicyclic) bond motifs is 2. The summed E-state index contributed by atoms with van der Waals surface area (Å²) in [4.78, 5) is 35.2. The summed E-state index contributed by atoms with van der Waals surface area (Å²) in [6.45, 7) is 8.20. The van der Waals surface area contributed by atoms with Crippen LogP contribution in [-0.2, 0) is 33.5 Å². The molecule has 6 rings (SSSR count). The van der Waals surface area contributed by atoms with Crippen molar-refractivity contribution in [2.75, 3.05) is 6.61 Å². The Kier molecular flexibility index (Phi) is 6.84. The topological polar surface area (TPSA) is 116 Å². The Morgan fingerprint density at radius 1 is 1.17 bits per heavy atom. The minimum Gasteiger partial charge on any atom is -0.466 e. The molecule has 5 fully saturated rings. The number of carbonyl (C=O) groups excluding carboxylic acids is 1. The largest absolute Gasteiger partial charge is 0.466 e. The normalized spacial score (nSPS) is 40.1.